The first kappa shape index (κ1) is 15.9. The van der Waals surface area contributed by atoms with E-state index in [1.165, 1.54) is 10.8 Å². The van der Waals surface area contributed by atoms with Crippen molar-refractivity contribution in [2.45, 2.75) is 39.5 Å². The first-order valence-corrected chi connectivity index (χ1v) is 6.26. The molecule has 0 aliphatic carbocycles. The molecule has 0 unspecified atom stereocenters. The third-order valence-electron chi connectivity index (χ3n) is 2.30. The van der Waals surface area contributed by atoms with E-state index in [4.69, 9.17) is 4.74 Å². The Hall–Kier alpha value is -2.18. The van der Waals surface area contributed by atoms with Crippen molar-refractivity contribution in [1.29, 1.82) is 0 Å². The van der Waals surface area contributed by atoms with Crippen LogP contribution in [0.2, 0.25) is 0 Å². The molecule has 1 heterocycles. The van der Waals surface area contributed by atoms with E-state index < -0.39 is 5.60 Å². The molecular weight excluding hydrogens is 260 g/mol. The molecule has 0 spiro atoms. The number of carbonyl (C=O) groups is 2. The SMILES string of the molecule is C=CC(=O)NCc1c[n+](CC(=O)OC(C)(C)C)nn1C. The maximum Gasteiger partial charge on any atom is 0.351 e. The molecule has 1 aromatic heterocycles. The second-order valence-electron chi connectivity index (χ2n) is 5.34. The summed E-state index contributed by atoms with van der Waals surface area (Å²) in [6.45, 7) is 9.15. The molecule has 0 bridgehead atoms. The molecule has 0 saturated heterocycles. The highest BCUT2D eigenvalue weighted by Crippen LogP contribution is 2.06. The molecule has 0 aliphatic heterocycles. The van der Waals surface area contributed by atoms with Gasteiger partial charge < -0.3 is 10.1 Å². The number of hydrogen-bond acceptors (Lipinski definition) is 4. The first-order chi connectivity index (χ1) is 9.21. The largest absolute Gasteiger partial charge is 0.457 e. The van der Waals surface area contributed by atoms with Gasteiger partial charge in [-0.1, -0.05) is 6.58 Å². The van der Waals surface area contributed by atoms with Crippen LogP contribution in [-0.2, 0) is 34.5 Å². The van der Waals surface area contributed by atoms with Gasteiger partial charge in [0.1, 0.15) is 12.6 Å². The fourth-order valence-corrected chi connectivity index (χ4v) is 1.50. The van der Waals surface area contributed by atoms with E-state index in [9.17, 15) is 9.59 Å². The third-order valence-corrected chi connectivity index (χ3v) is 2.30. The van der Waals surface area contributed by atoms with E-state index in [0.717, 1.165) is 5.69 Å². The number of rotatable bonds is 5. The number of amides is 1. The van der Waals surface area contributed by atoms with Crippen LogP contribution in [0.3, 0.4) is 0 Å². The minimum absolute atomic E-state index is 0.0283. The van der Waals surface area contributed by atoms with E-state index >= 15 is 0 Å². The standard InChI is InChI=1S/C13H20N4O3/c1-6-11(18)14-7-10-8-17(15-16(10)5)9-12(19)20-13(2,3)4/h6,8H,1,7,9H2,2-5H3/p+1. The predicted molar refractivity (Wildman–Crippen MR) is 71.3 cm³/mol. The lowest BCUT2D eigenvalue weighted by atomic mass is 10.2. The normalized spacial score (nSPS) is 11.0. The van der Waals surface area contributed by atoms with E-state index in [-0.39, 0.29) is 18.4 Å². The van der Waals surface area contributed by atoms with Crippen LogP contribution in [0, 0.1) is 0 Å². The number of ether oxygens (including phenoxy) is 1. The molecular formula is C13H21N4O3+. The first-order valence-electron chi connectivity index (χ1n) is 6.26. The Morgan fingerprint density at radius 1 is 1.55 bits per heavy atom. The maximum absolute atomic E-state index is 11.7. The third kappa shape index (κ3) is 5.21. The van der Waals surface area contributed by atoms with E-state index in [2.05, 4.69) is 17.1 Å². The lowest BCUT2D eigenvalue weighted by Gasteiger charge is -2.18. The Balaban J connectivity index is 2.63. The van der Waals surface area contributed by atoms with Crippen LogP contribution in [0.25, 0.3) is 0 Å². The van der Waals surface area contributed by atoms with Gasteiger partial charge >= 0.3 is 5.97 Å². The van der Waals surface area contributed by atoms with E-state index in [0.29, 0.717) is 6.54 Å². The average Bonchev–Trinajstić information content (AvgIpc) is 2.63. The number of nitrogens with zero attached hydrogens (tertiary/aromatic N) is 3. The lowest BCUT2D eigenvalue weighted by molar-refractivity contribution is -0.745. The zero-order valence-corrected chi connectivity index (χ0v) is 12.3. The Morgan fingerprint density at radius 3 is 2.75 bits per heavy atom. The summed E-state index contributed by atoms with van der Waals surface area (Å²) in [6, 6.07) is 0. The highest BCUT2D eigenvalue weighted by atomic mass is 16.6. The average molecular weight is 281 g/mol. The summed E-state index contributed by atoms with van der Waals surface area (Å²) in [6.07, 6.45) is 2.89. The fraction of sp³-hybridized carbons (Fsp3) is 0.538. The van der Waals surface area contributed by atoms with Crippen LogP contribution in [0.1, 0.15) is 26.5 Å². The van der Waals surface area contributed by atoms with Gasteiger partial charge in [0.15, 0.2) is 11.9 Å². The molecule has 1 amide bonds. The summed E-state index contributed by atoms with van der Waals surface area (Å²) in [5, 5.41) is 6.79. The molecule has 0 saturated carbocycles. The van der Waals surface area contributed by atoms with Crippen LogP contribution in [0.15, 0.2) is 18.9 Å². The van der Waals surface area contributed by atoms with Crippen LogP contribution in [0.5, 0.6) is 0 Å². The van der Waals surface area contributed by atoms with E-state index in [1.807, 2.05) is 20.8 Å². The lowest BCUT2D eigenvalue weighted by Crippen LogP contribution is -2.42. The molecule has 0 fully saturated rings. The number of aromatic nitrogens is 3. The Kier molecular flexibility index (Phi) is 5.01. The molecule has 0 aromatic carbocycles. The number of aryl methyl sites for hydroxylation is 1. The predicted octanol–water partition coefficient (Wildman–Crippen LogP) is -0.148. The van der Waals surface area contributed by atoms with Crippen LogP contribution in [0.4, 0.5) is 0 Å². The minimum Gasteiger partial charge on any atom is -0.457 e. The summed E-state index contributed by atoms with van der Waals surface area (Å²) >= 11 is 0. The van der Waals surface area contributed by atoms with Crippen molar-refractivity contribution in [2.24, 2.45) is 7.05 Å². The summed E-state index contributed by atoms with van der Waals surface area (Å²) in [7, 11) is 1.74. The van der Waals surface area contributed by atoms with Crippen molar-refractivity contribution < 1.29 is 19.0 Å². The summed E-state index contributed by atoms with van der Waals surface area (Å²) in [4.78, 5) is 22.8. The second kappa shape index (κ2) is 6.31. The molecule has 1 N–H and O–H groups in total. The van der Waals surface area contributed by atoms with Gasteiger partial charge in [-0.15, -0.1) is 9.36 Å². The molecule has 0 atom stereocenters. The van der Waals surface area contributed by atoms with Crippen molar-refractivity contribution in [1.82, 2.24) is 15.2 Å². The second-order valence-corrected chi connectivity index (χ2v) is 5.34. The van der Waals surface area contributed by atoms with Crippen molar-refractivity contribution in [3.63, 3.8) is 0 Å². The fourth-order valence-electron chi connectivity index (χ4n) is 1.50. The minimum atomic E-state index is -0.521. The molecule has 0 radical (unpaired) electrons. The summed E-state index contributed by atoms with van der Waals surface area (Å²) in [5.41, 5.74) is 0.247. The van der Waals surface area contributed by atoms with Crippen LogP contribution >= 0.6 is 0 Å². The Bertz CT molecular complexity index is 514. The zero-order valence-electron chi connectivity index (χ0n) is 12.3. The Labute approximate surface area is 118 Å². The van der Waals surface area contributed by atoms with Gasteiger partial charge in [-0.05, 0) is 26.8 Å². The monoisotopic (exact) mass is 281 g/mol. The molecule has 1 rings (SSSR count). The molecule has 0 aliphatic rings. The van der Waals surface area contributed by atoms with Gasteiger partial charge in [-0.2, -0.15) is 0 Å². The van der Waals surface area contributed by atoms with Crippen LogP contribution < -0.4 is 10.00 Å². The van der Waals surface area contributed by atoms with Gasteiger partial charge in [0, 0.05) is 0 Å². The number of nitrogens with one attached hydrogen (secondary N) is 1. The molecule has 1 aromatic rings. The van der Waals surface area contributed by atoms with Gasteiger partial charge in [0.25, 0.3) is 0 Å². The number of hydrogen-bond donors (Lipinski definition) is 1. The smallest absolute Gasteiger partial charge is 0.351 e. The molecule has 20 heavy (non-hydrogen) atoms. The highest BCUT2D eigenvalue weighted by molar-refractivity contribution is 5.86. The number of carbonyl (C=O) groups excluding carboxylic acids is 2. The van der Waals surface area contributed by atoms with Gasteiger partial charge in [0.05, 0.1) is 11.8 Å². The molecule has 110 valence electrons. The topological polar surface area (TPSA) is 77.1 Å². The molecule has 7 heteroatoms. The summed E-state index contributed by atoms with van der Waals surface area (Å²) in [5.74, 6) is -0.618. The van der Waals surface area contributed by atoms with Gasteiger partial charge in [0.2, 0.25) is 12.5 Å². The van der Waals surface area contributed by atoms with E-state index in [1.54, 1.807) is 17.9 Å². The van der Waals surface area contributed by atoms with Crippen molar-refractivity contribution >= 4 is 11.9 Å². The van der Waals surface area contributed by atoms with Crippen LogP contribution in [-0.4, -0.2) is 27.4 Å². The van der Waals surface area contributed by atoms with Crippen molar-refractivity contribution in [3.05, 3.63) is 24.5 Å². The maximum atomic E-state index is 11.7. The molecule has 7 nitrogen and oxygen atoms in total. The zero-order chi connectivity index (χ0) is 15.3. The Morgan fingerprint density at radius 2 is 2.20 bits per heavy atom. The number of esters is 1. The van der Waals surface area contributed by atoms with Gasteiger partial charge in [-0.3, -0.25) is 4.79 Å². The van der Waals surface area contributed by atoms with Gasteiger partial charge in [-0.25, -0.2) is 4.79 Å². The summed E-state index contributed by atoms with van der Waals surface area (Å²) < 4.78 is 8.28. The highest BCUT2D eigenvalue weighted by Gasteiger charge is 2.21. The quantitative estimate of drug-likeness (QED) is 0.463. The van der Waals surface area contributed by atoms with Crippen molar-refractivity contribution in [2.75, 3.05) is 0 Å². The van der Waals surface area contributed by atoms with Crippen molar-refractivity contribution in [3.8, 4) is 0 Å².